The van der Waals surface area contributed by atoms with E-state index in [1.54, 1.807) is 30.3 Å². The van der Waals surface area contributed by atoms with Crippen molar-refractivity contribution in [1.29, 1.82) is 0 Å². The second kappa shape index (κ2) is 7.00. The van der Waals surface area contributed by atoms with Gasteiger partial charge in [0, 0.05) is 11.1 Å². The molecule has 0 aliphatic rings. The van der Waals surface area contributed by atoms with E-state index in [0.717, 1.165) is 5.75 Å². The largest absolute Gasteiger partial charge is 0.488 e. The van der Waals surface area contributed by atoms with E-state index < -0.39 is 0 Å². The minimum Gasteiger partial charge on any atom is -0.488 e. The molecule has 134 valence electrons. The molecular formula is C20H21N3O3. The van der Waals surface area contributed by atoms with Crippen LogP contribution in [0, 0.1) is 0 Å². The summed E-state index contributed by atoms with van der Waals surface area (Å²) >= 11 is 0. The van der Waals surface area contributed by atoms with Crippen molar-refractivity contribution in [2.45, 2.75) is 32.9 Å². The van der Waals surface area contributed by atoms with Crippen molar-refractivity contribution in [3.63, 3.8) is 0 Å². The molecule has 0 fully saturated rings. The van der Waals surface area contributed by atoms with Crippen LogP contribution >= 0.6 is 0 Å². The Labute approximate surface area is 151 Å². The van der Waals surface area contributed by atoms with E-state index in [2.05, 4.69) is 10.4 Å². The van der Waals surface area contributed by atoms with E-state index >= 15 is 0 Å². The number of nitrogens with one attached hydrogen (secondary N) is 1. The predicted molar refractivity (Wildman–Crippen MR) is 101 cm³/mol. The van der Waals surface area contributed by atoms with E-state index in [1.165, 1.54) is 10.9 Å². The average Bonchev–Trinajstić information content (AvgIpc) is 2.58. The molecule has 0 radical (unpaired) electrons. The molecule has 0 atom stereocenters. The number of carbonyl (C=O) groups excluding carboxylic acids is 1. The second-order valence-corrected chi connectivity index (χ2v) is 6.97. The summed E-state index contributed by atoms with van der Waals surface area (Å²) in [6.45, 7) is 5.94. The first-order valence-electron chi connectivity index (χ1n) is 8.36. The number of nitrogens with zero attached hydrogens (tertiary/aromatic N) is 2. The molecule has 0 saturated carbocycles. The lowest BCUT2D eigenvalue weighted by Crippen LogP contribution is -2.23. The van der Waals surface area contributed by atoms with Crippen LogP contribution in [0.3, 0.4) is 0 Å². The molecule has 1 aromatic heterocycles. The monoisotopic (exact) mass is 351 g/mol. The molecule has 1 amide bonds. The molecule has 6 heteroatoms. The summed E-state index contributed by atoms with van der Waals surface area (Å²) in [6.07, 6.45) is 1.23. The van der Waals surface area contributed by atoms with Crippen LogP contribution in [0.5, 0.6) is 5.75 Å². The van der Waals surface area contributed by atoms with Crippen molar-refractivity contribution in [2.24, 2.45) is 0 Å². The third-order valence-corrected chi connectivity index (χ3v) is 3.62. The molecule has 26 heavy (non-hydrogen) atoms. The number of carbonyl (C=O) groups is 1. The number of aromatic nitrogens is 2. The molecule has 2 aromatic carbocycles. The van der Waals surface area contributed by atoms with E-state index in [0.29, 0.717) is 16.6 Å². The topological polar surface area (TPSA) is 73.2 Å². The lowest BCUT2D eigenvalue weighted by molar-refractivity contribution is -0.116. The van der Waals surface area contributed by atoms with Crippen LogP contribution < -0.4 is 15.5 Å². The van der Waals surface area contributed by atoms with Crippen molar-refractivity contribution in [1.82, 2.24) is 9.78 Å². The zero-order valence-electron chi connectivity index (χ0n) is 15.0. The zero-order valence-corrected chi connectivity index (χ0v) is 15.0. The Morgan fingerprint density at radius 1 is 1.12 bits per heavy atom. The van der Waals surface area contributed by atoms with Gasteiger partial charge in [-0.15, -0.1) is 0 Å². The first-order chi connectivity index (χ1) is 12.3. The van der Waals surface area contributed by atoms with E-state index in [4.69, 9.17) is 4.74 Å². The van der Waals surface area contributed by atoms with Gasteiger partial charge in [0.1, 0.15) is 17.9 Å². The van der Waals surface area contributed by atoms with Gasteiger partial charge in [0.05, 0.1) is 11.7 Å². The Morgan fingerprint density at radius 3 is 2.50 bits per heavy atom. The summed E-state index contributed by atoms with van der Waals surface area (Å²) in [4.78, 5) is 24.2. The maximum absolute atomic E-state index is 12.3. The maximum Gasteiger partial charge on any atom is 0.246 e. The summed E-state index contributed by atoms with van der Waals surface area (Å²) in [7, 11) is 0. The van der Waals surface area contributed by atoms with Crippen molar-refractivity contribution >= 4 is 22.5 Å². The first-order valence-corrected chi connectivity index (χ1v) is 8.36. The van der Waals surface area contributed by atoms with Gasteiger partial charge in [0.15, 0.2) is 0 Å². The number of hydrogen-bond acceptors (Lipinski definition) is 4. The van der Waals surface area contributed by atoms with Gasteiger partial charge in [-0.1, -0.05) is 12.1 Å². The number of para-hydroxylation sites is 1. The summed E-state index contributed by atoms with van der Waals surface area (Å²) in [6, 6.07) is 14.3. The lowest BCUT2D eigenvalue weighted by Gasteiger charge is -2.21. The molecule has 3 rings (SSSR count). The number of ether oxygens (including phenoxy) is 1. The van der Waals surface area contributed by atoms with Crippen LogP contribution in [0.15, 0.2) is 59.5 Å². The number of benzene rings is 2. The van der Waals surface area contributed by atoms with Crippen LogP contribution in [0.25, 0.3) is 10.9 Å². The van der Waals surface area contributed by atoms with Gasteiger partial charge < -0.3 is 10.1 Å². The molecule has 1 heterocycles. The number of amides is 1. The van der Waals surface area contributed by atoms with Crippen LogP contribution in [0.2, 0.25) is 0 Å². The van der Waals surface area contributed by atoms with E-state index in [9.17, 15) is 9.59 Å². The van der Waals surface area contributed by atoms with Gasteiger partial charge in [0.2, 0.25) is 11.3 Å². The molecule has 0 aliphatic carbocycles. The number of fused-ring (bicyclic) bond motifs is 1. The number of hydrogen-bond donors (Lipinski definition) is 1. The van der Waals surface area contributed by atoms with Gasteiger partial charge in [-0.3, -0.25) is 14.3 Å². The highest BCUT2D eigenvalue weighted by Gasteiger charge is 2.12. The SMILES string of the molecule is CC(C)(C)Oc1ccc(NC(=O)Cn2ncc(=O)c3ccccc32)cc1. The molecule has 6 nitrogen and oxygen atoms in total. The molecule has 1 N–H and O–H groups in total. The van der Waals surface area contributed by atoms with Gasteiger partial charge in [-0.25, -0.2) is 0 Å². The fourth-order valence-corrected chi connectivity index (χ4v) is 2.58. The minimum absolute atomic E-state index is 0.0149. The van der Waals surface area contributed by atoms with Crippen molar-refractivity contribution in [3.8, 4) is 5.75 Å². The molecule has 0 saturated heterocycles. The first kappa shape index (κ1) is 17.7. The summed E-state index contributed by atoms with van der Waals surface area (Å²) < 4.78 is 7.28. The van der Waals surface area contributed by atoms with Crippen LogP contribution in [0.1, 0.15) is 20.8 Å². The Balaban J connectivity index is 1.72. The zero-order chi connectivity index (χ0) is 18.7. The Kier molecular flexibility index (Phi) is 4.75. The van der Waals surface area contributed by atoms with Gasteiger partial charge in [-0.05, 0) is 57.2 Å². The fraction of sp³-hybridized carbons (Fsp3) is 0.250. The normalized spacial score (nSPS) is 11.3. The Bertz CT molecular complexity index is 986. The summed E-state index contributed by atoms with van der Waals surface area (Å²) in [5.74, 6) is 0.513. The smallest absolute Gasteiger partial charge is 0.246 e. The van der Waals surface area contributed by atoms with Crippen molar-refractivity contribution in [3.05, 3.63) is 65.0 Å². The number of rotatable bonds is 4. The van der Waals surface area contributed by atoms with Crippen LogP contribution in [0.4, 0.5) is 5.69 Å². The van der Waals surface area contributed by atoms with E-state index in [1.807, 2.05) is 39.0 Å². The molecular weight excluding hydrogens is 330 g/mol. The van der Waals surface area contributed by atoms with Gasteiger partial charge in [-0.2, -0.15) is 5.10 Å². The van der Waals surface area contributed by atoms with Gasteiger partial charge in [0.25, 0.3) is 0 Å². The standard InChI is InChI=1S/C20H21N3O3/c1-20(2,3)26-15-10-8-14(9-11-15)22-19(25)13-23-17-7-5-4-6-16(17)18(24)12-21-23/h4-12H,13H2,1-3H3,(H,22,25). The molecule has 3 aromatic rings. The third-order valence-electron chi connectivity index (χ3n) is 3.62. The average molecular weight is 351 g/mol. The maximum atomic E-state index is 12.3. The highest BCUT2D eigenvalue weighted by molar-refractivity contribution is 5.91. The molecule has 0 spiro atoms. The van der Waals surface area contributed by atoms with Crippen LogP contribution in [-0.2, 0) is 11.3 Å². The van der Waals surface area contributed by atoms with Crippen molar-refractivity contribution in [2.75, 3.05) is 5.32 Å². The third kappa shape index (κ3) is 4.27. The lowest BCUT2D eigenvalue weighted by atomic mass is 10.2. The number of anilines is 1. The van der Waals surface area contributed by atoms with E-state index in [-0.39, 0.29) is 23.5 Å². The highest BCUT2D eigenvalue weighted by atomic mass is 16.5. The molecule has 0 bridgehead atoms. The second-order valence-electron chi connectivity index (χ2n) is 6.97. The Hall–Kier alpha value is -3.15. The minimum atomic E-state index is -0.276. The highest BCUT2D eigenvalue weighted by Crippen LogP contribution is 2.20. The molecule has 0 aliphatic heterocycles. The quantitative estimate of drug-likeness (QED) is 0.783. The Morgan fingerprint density at radius 2 is 1.81 bits per heavy atom. The molecule has 0 unspecified atom stereocenters. The summed E-state index contributed by atoms with van der Waals surface area (Å²) in [5, 5.41) is 7.43. The predicted octanol–water partition coefficient (Wildman–Crippen LogP) is 3.21. The fourth-order valence-electron chi connectivity index (χ4n) is 2.58. The van der Waals surface area contributed by atoms with Crippen LogP contribution in [-0.4, -0.2) is 21.3 Å². The van der Waals surface area contributed by atoms with Crippen molar-refractivity contribution < 1.29 is 9.53 Å². The summed E-state index contributed by atoms with van der Waals surface area (Å²) in [5.41, 5.74) is 0.861. The van der Waals surface area contributed by atoms with Gasteiger partial charge >= 0.3 is 0 Å².